The molecule has 1 fully saturated rings. The summed E-state index contributed by atoms with van der Waals surface area (Å²) in [6.07, 6.45) is 2.19. The molecule has 3 nitrogen and oxygen atoms in total. The van der Waals surface area contributed by atoms with Crippen molar-refractivity contribution in [2.24, 2.45) is 0 Å². The van der Waals surface area contributed by atoms with Crippen molar-refractivity contribution in [3.05, 3.63) is 17.5 Å². The number of aryl methyl sites for hydroxylation is 1. The van der Waals surface area contributed by atoms with Gasteiger partial charge in [-0.3, -0.25) is 4.68 Å². The lowest BCUT2D eigenvalue weighted by molar-refractivity contribution is 0.130. The van der Waals surface area contributed by atoms with E-state index in [0.29, 0.717) is 12.0 Å². The molecule has 0 amide bonds. The Hall–Kier alpha value is -0.830. The first-order chi connectivity index (χ1) is 6.58. The van der Waals surface area contributed by atoms with Gasteiger partial charge in [-0.15, -0.1) is 0 Å². The van der Waals surface area contributed by atoms with Crippen LogP contribution in [0.2, 0.25) is 0 Å². The van der Waals surface area contributed by atoms with Crippen molar-refractivity contribution in [1.29, 1.82) is 0 Å². The summed E-state index contributed by atoms with van der Waals surface area (Å²) in [6, 6.07) is 0.603. The molecule has 0 unspecified atom stereocenters. The van der Waals surface area contributed by atoms with E-state index >= 15 is 0 Å². The van der Waals surface area contributed by atoms with Crippen molar-refractivity contribution in [2.75, 3.05) is 20.1 Å². The maximum atomic E-state index is 4.66. The van der Waals surface area contributed by atoms with Crippen molar-refractivity contribution >= 4 is 0 Å². The van der Waals surface area contributed by atoms with E-state index in [0.717, 1.165) is 13.1 Å². The van der Waals surface area contributed by atoms with Crippen LogP contribution in [0.25, 0.3) is 0 Å². The lowest BCUT2D eigenvalue weighted by Crippen LogP contribution is -2.45. The van der Waals surface area contributed by atoms with Gasteiger partial charge in [-0.25, -0.2) is 0 Å². The molecule has 2 rings (SSSR count). The summed E-state index contributed by atoms with van der Waals surface area (Å²) >= 11 is 0. The van der Waals surface area contributed by atoms with Crippen LogP contribution in [0.5, 0.6) is 0 Å². The standard InChI is InChI=1S/C11H19N3/c1-8(2)11-9(3)5-14(12-11)10-6-13(4)7-10/h5,8,10H,6-7H2,1-4H3. The molecule has 0 radical (unpaired) electrons. The van der Waals surface area contributed by atoms with E-state index in [9.17, 15) is 0 Å². The Morgan fingerprint density at radius 3 is 2.50 bits per heavy atom. The van der Waals surface area contributed by atoms with E-state index < -0.39 is 0 Å². The molecule has 1 aromatic heterocycles. The molecular formula is C11H19N3. The number of hydrogen-bond acceptors (Lipinski definition) is 2. The van der Waals surface area contributed by atoms with Crippen LogP contribution in [0.3, 0.4) is 0 Å². The summed E-state index contributed by atoms with van der Waals surface area (Å²) in [5.41, 5.74) is 2.58. The van der Waals surface area contributed by atoms with Crippen molar-refractivity contribution in [3.8, 4) is 0 Å². The quantitative estimate of drug-likeness (QED) is 0.714. The third-order valence-corrected chi connectivity index (χ3v) is 2.92. The highest BCUT2D eigenvalue weighted by Crippen LogP contribution is 2.23. The van der Waals surface area contributed by atoms with Gasteiger partial charge in [0.1, 0.15) is 0 Å². The first-order valence-electron chi connectivity index (χ1n) is 5.32. The molecule has 0 atom stereocenters. The van der Waals surface area contributed by atoms with Gasteiger partial charge in [0.25, 0.3) is 0 Å². The summed E-state index contributed by atoms with van der Waals surface area (Å²) < 4.78 is 2.14. The molecule has 2 heterocycles. The van der Waals surface area contributed by atoms with Crippen LogP contribution >= 0.6 is 0 Å². The van der Waals surface area contributed by atoms with E-state index in [1.54, 1.807) is 0 Å². The Morgan fingerprint density at radius 2 is 2.07 bits per heavy atom. The SMILES string of the molecule is Cc1cn(C2CN(C)C2)nc1C(C)C. The second kappa shape index (κ2) is 3.39. The van der Waals surface area contributed by atoms with Gasteiger partial charge in [0, 0.05) is 19.3 Å². The van der Waals surface area contributed by atoms with E-state index in [4.69, 9.17) is 0 Å². The first kappa shape index (κ1) is 9.71. The van der Waals surface area contributed by atoms with Gasteiger partial charge in [0.05, 0.1) is 11.7 Å². The summed E-state index contributed by atoms with van der Waals surface area (Å²) in [5.74, 6) is 0.536. The predicted molar refractivity (Wildman–Crippen MR) is 57.6 cm³/mol. The average Bonchev–Trinajstić information content (AvgIpc) is 2.41. The number of nitrogens with zero attached hydrogens (tertiary/aromatic N) is 3. The summed E-state index contributed by atoms with van der Waals surface area (Å²) in [4.78, 5) is 2.32. The Kier molecular flexibility index (Phi) is 2.35. The molecule has 0 spiro atoms. The third kappa shape index (κ3) is 1.57. The van der Waals surface area contributed by atoms with Crippen molar-refractivity contribution in [2.45, 2.75) is 32.7 Å². The monoisotopic (exact) mass is 193 g/mol. The van der Waals surface area contributed by atoms with Gasteiger partial charge >= 0.3 is 0 Å². The minimum absolute atomic E-state index is 0.536. The van der Waals surface area contributed by atoms with E-state index in [1.807, 2.05) is 0 Å². The molecule has 1 aromatic rings. The minimum Gasteiger partial charge on any atom is -0.302 e. The van der Waals surface area contributed by atoms with Gasteiger partial charge in [-0.1, -0.05) is 13.8 Å². The molecule has 78 valence electrons. The van der Waals surface area contributed by atoms with Crippen LogP contribution in [-0.2, 0) is 0 Å². The van der Waals surface area contributed by atoms with Crippen molar-refractivity contribution in [1.82, 2.24) is 14.7 Å². The van der Waals surface area contributed by atoms with Gasteiger partial charge in [0.15, 0.2) is 0 Å². The third-order valence-electron chi connectivity index (χ3n) is 2.92. The predicted octanol–water partition coefficient (Wildman–Crippen LogP) is 1.80. The van der Waals surface area contributed by atoms with E-state index in [1.165, 1.54) is 11.3 Å². The fourth-order valence-corrected chi connectivity index (χ4v) is 2.09. The fourth-order valence-electron chi connectivity index (χ4n) is 2.09. The molecular weight excluding hydrogens is 174 g/mol. The largest absolute Gasteiger partial charge is 0.302 e. The zero-order valence-electron chi connectivity index (χ0n) is 9.49. The molecule has 1 aliphatic heterocycles. The van der Waals surface area contributed by atoms with Crippen molar-refractivity contribution < 1.29 is 0 Å². The number of likely N-dealkylation sites (N-methyl/N-ethyl adjacent to an activating group) is 1. The Labute approximate surface area is 85.7 Å². The minimum atomic E-state index is 0.536. The van der Waals surface area contributed by atoms with E-state index in [2.05, 4.69) is 48.7 Å². The van der Waals surface area contributed by atoms with Gasteiger partial charge < -0.3 is 4.90 Å². The second-order valence-corrected chi connectivity index (χ2v) is 4.71. The van der Waals surface area contributed by atoms with Crippen LogP contribution in [0.15, 0.2) is 6.20 Å². The fraction of sp³-hybridized carbons (Fsp3) is 0.727. The topological polar surface area (TPSA) is 21.1 Å². The number of hydrogen-bond donors (Lipinski definition) is 0. The van der Waals surface area contributed by atoms with Crippen LogP contribution in [0, 0.1) is 6.92 Å². The van der Waals surface area contributed by atoms with Crippen molar-refractivity contribution in [3.63, 3.8) is 0 Å². The number of likely N-dealkylation sites (tertiary alicyclic amines) is 1. The molecule has 1 saturated heterocycles. The Morgan fingerprint density at radius 1 is 1.43 bits per heavy atom. The molecule has 1 aliphatic rings. The smallest absolute Gasteiger partial charge is 0.0772 e. The zero-order chi connectivity index (χ0) is 10.3. The number of aromatic nitrogens is 2. The highest BCUT2D eigenvalue weighted by atomic mass is 15.4. The molecule has 0 saturated carbocycles. The summed E-state index contributed by atoms with van der Waals surface area (Å²) in [7, 11) is 2.15. The molecule has 0 N–H and O–H groups in total. The summed E-state index contributed by atoms with van der Waals surface area (Å²) in [5, 5.41) is 4.66. The van der Waals surface area contributed by atoms with E-state index in [-0.39, 0.29) is 0 Å². The van der Waals surface area contributed by atoms with Crippen LogP contribution in [-0.4, -0.2) is 34.8 Å². The molecule has 3 heteroatoms. The Balaban J connectivity index is 2.16. The number of rotatable bonds is 2. The maximum Gasteiger partial charge on any atom is 0.0772 e. The molecule has 0 aromatic carbocycles. The van der Waals surface area contributed by atoms with Gasteiger partial charge in [-0.05, 0) is 25.5 Å². The molecule has 0 aliphatic carbocycles. The maximum absolute atomic E-state index is 4.66. The highest BCUT2D eigenvalue weighted by molar-refractivity contribution is 5.18. The Bertz CT molecular complexity index is 321. The first-order valence-corrected chi connectivity index (χ1v) is 5.32. The van der Waals surface area contributed by atoms with Gasteiger partial charge in [-0.2, -0.15) is 5.10 Å². The van der Waals surface area contributed by atoms with Crippen LogP contribution in [0.4, 0.5) is 0 Å². The molecule has 0 bridgehead atoms. The normalized spacial score (nSPS) is 18.9. The highest BCUT2D eigenvalue weighted by Gasteiger charge is 2.26. The zero-order valence-corrected chi connectivity index (χ0v) is 9.49. The van der Waals surface area contributed by atoms with Gasteiger partial charge in [0.2, 0.25) is 0 Å². The average molecular weight is 193 g/mol. The summed E-state index contributed by atoms with van der Waals surface area (Å²) in [6.45, 7) is 8.83. The second-order valence-electron chi connectivity index (χ2n) is 4.71. The van der Waals surface area contributed by atoms with Crippen LogP contribution in [0.1, 0.15) is 37.1 Å². The lowest BCUT2D eigenvalue weighted by Gasteiger charge is -2.36. The van der Waals surface area contributed by atoms with Crippen LogP contribution < -0.4 is 0 Å². The lowest BCUT2D eigenvalue weighted by atomic mass is 10.1. The molecule has 14 heavy (non-hydrogen) atoms.